The molecular weight excluding hydrogens is 929 g/mol. The summed E-state index contributed by atoms with van der Waals surface area (Å²) in [5.74, 6) is -3.51. The number of benzene rings is 2. The molecule has 2 unspecified atom stereocenters. The van der Waals surface area contributed by atoms with Crippen LogP contribution in [0.4, 0.5) is 28.9 Å². The highest BCUT2D eigenvalue weighted by atomic mass is 32.1. The number of thiazole rings is 1. The summed E-state index contributed by atoms with van der Waals surface area (Å²) in [6, 6.07) is 10.9. The lowest BCUT2D eigenvalue weighted by molar-refractivity contribution is -0.144. The maximum atomic E-state index is 15.4. The lowest BCUT2D eigenvalue weighted by Gasteiger charge is -2.35. The maximum Gasteiger partial charge on any atom is 0.420 e. The Bertz CT molecular complexity index is 2590. The number of amides is 4. The summed E-state index contributed by atoms with van der Waals surface area (Å²) >= 11 is 7.10. The zero-order chi connectivity index (χ0) is 49.7. The van der Waals surface area contributed by atoms with Crippen LogP contribution < -0.4 is 25.2 Å². The van der Waals surface area contributed by atoms with Gasteiger partial charge in [-0.05, 0) is 87.0 Å². The van der Waals surface area contributed by atoms with Crippen molar-refractivity contribution in [3.05, 3.63) is 87.9 Å². The van der Waals surface area contributed by atoms with E-state index in [4.69, 9.17) is 26.4 Å². The van der Waals surface area contributed by atoms with E-state index >= 15 is 4.39 Å². The lowest BCUT2D eigenvalue weighted by Crippen LogP contribution is -2.58. The second-order valence-electron chi connectivity index (χ2n) is 17.8. The van der Waals surface area contributed by atoms with E-state index in [1.54, 1.807) is 34.7 Å². The number of thiocarbonyl (C=S) groups is 1. The first-order valence-corrected chi connectivity index (χ1v) is 23.0. The highest BCUT2D eigenvalue weighted by molar-refractivity contribution is 7.81. The van der Waals surface area contributed by atoms with Gasteiger partial charge in [-0.3, -0.25) is 24.1 Å². The predicted molar refractivity (Wildman–Crippen MR) is 249 cm³/mol. The van der Waals surface area contributed by atoms with E-state index in [-0.39, 0.29) is 55.8 Å². The molecule has 15 nitrogen and oxygen atoms in total. The number of hydrogen-bond donors (Lipinski definition) is 2. The van der Waals surface area contributed by atoms with E-state index in [0.29, 0.717) is 42.1 Å². The van der Waals surface area contributed by atoms with Crippen molar-refractivity contribution in [1.82, 2.24) is 25.5 Å². The van der Waals surface area contributed by atoms with Crippen LogP contribution in [0.1, 0.15) is 75.4 Å². The molecule has 0 bridgehead atoms. The van der Waals surface area contributed by atoms with Crippen molar-refractivity contribution in [3.63, 3.8) is 0 Å². The Morgan fingerprint density at radius 2 is 1.71 bits per heavy atom. The summed E-state index contributed by atoms with van der Waals surface area (Å²) < 4.78 is 73.6. The first kappa shape index (κ1) is 51.3. The van der Waals surface area contributed by atoms with Crippen LogP contribution in [0.3, 0.4) is 0 Å². The molecule has 21 heteroatoms. The molecule has 4 amide bonds. The Hall–Kier alpha value is -6.08. The second-order valence-corrected chi connectivity index (χ2v) is 19.0. The third-order valence-electron chi connectivity index (χ3n) is 11.5. The average Bonchev–Trinajstić information content (AvgIpc) is 3.99. The van der Waals surface area contributed by atoms with Crippen LogP contribution >= 0.6 is 23.6 Å². The average molecular weight is 981 g/mol. The minimum Gasteiger partial charge on any atom is -0.475 e. The fourth-order valence-electron chi connectivity index (χ4n) is 7.93. The molecule has 2 N–H and O–H groups in total. The van der Waals surface area contributed by atoms with Crippen molar-refractivity contribution in [2.45, 2.75) is 91.7 Å². The number of carbonyl (C=O) groups is 4. The first-order valence-electron chi connectivity index (χ1n) is 21.7. The van der Waals surface area contributed by atoms with E-state index in [0.717, 1.165) is 33.8 Å². The van der Waals surface area contributed by atoms with Crippen LogP contribution in [0.25, 0.3) is 10.4 Å². The van der Waals surface area contributed by atoms with E-state index in [9.17, 15) is 37.6 Å². The standard InChI is InChI=1S/C47H52F4N8O7S2/c1-27-21-36(53-24-34(27)59-44(67)58(43(63)46(59,6)7)32-15-14-31(22-52)37(38(32)48)47(49,50)51)66-20-19-64-17-18-65-25-35(60)56-40(45(3,4)5)42(62)57-16-8-9-33(57)41(61)54-23-29-10-12-30(13-11-29)39-28(2)55-26-68-39/h10-15,21,24,26,33,40H,8-9,16-20,23,25H2,1-7H3,(H,54,61)(H,56,60). The number of pyridine rings is 1. The molecule has 4 aromatic rings. The van der Waals surface area contributed by atoms with Crippen LogP contribution in [0.15, 0.2) is 54.2 Å². The van der Waals surface area contributed by atoms with Gasteiger partial charge in [-0.25, -0.2) is 14.4 Å². The summed E-state index contributed by atoms with van der Waals surface area (Å²) in [5, 5.41) is 14.7. The second kappa shape index (κ2) is 21.1. The van der Waals surface area contributed by atoms with Crippen LogP contribution in [0, 0.1) is 36.4 Å². The van der Waals surface area contributed by atoms with Crippen molar-refractivity contribution >= 4 is 63.7 Å². The van der Waals surface area contributed by atoms with Crippen molar-refractivity contribution in [2.24, 2.45) is 5.41 Å². The molecule has 2 aromatic heterocycles. The molecule has 2 fully saturated rings. The summed E-state index contributed by atoms with van der Waals surface area (Å²) in [6.45, 7) is 12.8. The molecule has 68 heavy (non-hydrogen) atoms. The van der Waals surface area contributed by atoms with Gasteiger partial charge in [0, 0.05) is 19.2 Å². The molecule has 4 heterocycles. The van der Waals surface area contributed by atoms with Gasteiger partial charge in [-0.2, -0.15) is 18.4 Å². The molecule has 0 spiro atoms. The van der Waals surface area contributed by atoms with Gasteiger partial charge in [0.2, 0.25) is 23.6 Å². The van der Waals surface area contributed by atoms with Crippen LogP contribution in [-0.4, -0.2) is 101 Å². The number of anilines is 2. The third-order valence-corrected chi connectivity index (χ3v) is 12.8. The topological polar surface area (TPSA) is 179 Å². The largest absolute Gasteiger partial charge is 0.475 e. The molecular formula is C47H52F4N8O7S2. The minimum absolute atomic E-state index is 0.0563. The van der Waals surface area contributed by atoms with Crippen molar-refractivity contribution < 1.29 is 51.0 Å². The minimum atomic E-state index is -5.21. The molecule has 6 rings (SSSR count). The number of aryl methyl sites for hydroxylation is 2. The first-order chi connectivity index (χ1) is 32.1. The molecule has 0 saturated carbocycles. The molecule has 2 aromatic carbocycles. The van der Waals surface area contributed by atoms with Gasteiger partial charge < -0.3 is 34.6 Å². The number of nitriles is 1. The normalized spacial score (nSPS) is 16.5. The smallest absolute Gasteiger partial charge is 0.420 e. The number of rotatable bonds is 17. The van der Waals surface area contributed by atoms with Crippen molar-refractivity contribution in [1.29, 1.82) is 5.26 Å². The van der Waals surface area contributed by atoms with Crippen LogP contribution in [0.2, 0.25) is 0 Å². The Balaban J connectivity index is 0.934. The fraction of sp³-hybridized carbons (Fsp3) is 0.447. The summed E-state index contributed by atoms with van der Waals surface area (Å²) in [5.41, 5.74) is -0.0252. The number of ether oxygens (including phenoxy) is 3. The Morgan fingerprint density at radius 1 is 1.01 bits per heavy atom. The number of halogens is 4. The SMILES string of the molecule is Cc1cc(OCCOCCOCC(=O)NC(C(=O)N2CCCC2C(=O)NCc2ccc(-c3scnc3C)cc2)C(C)(C)C)ncc1N1C(=S)N(c2ccc(C#N)c(C(F)(F)F)c2F)C(=O)C1(C)C. The number of hydrogen-bond acceptors (Lipinski definition) is 12. The highest BCUT2D eigenvalue weighted by Gasteiger charge is 2.52. The summed E-state index contributed by atoms with van der Waals surface area (Å²) in [6.07, 6.45) is -2.68. The number of aromatic nitrogens is 2. The zero-order valence-electron chi connectivity index (χ0n) is 38.6. The van der Waals surface area contributed by atoms with Gasteiger partial charge in [0.05, 0.1) is 65.1 Å². The van der Waals surface area contributed by atoms with Crippen LogP contribution in [-0.2, 0) is 41.4 Å². The van der Waals surface area contributed by atoms with Gasteiger partial charge in [-0.15, -0.1) is 11.3 Å². The fourth-order valence-corrected chi connectivity index (χ4v) is 9.25. The number of nitrogens with zero attached hydrogens (tertiary/aromatic N) is 6. The maximum absolute atomic E-state index is 15.4. The zero-order valence-corrected chi connectivity index (χ0v) is 40.2. The summed E-state index contributed by atoms with van der Waals surface area (Å²) in [7, 11) is 0. The number of likely N-dealkylation sites (tertiary alicyclic amines) is 1. The van der Waals surface area contributed by atoms with Gasteiger partial charge >= 0.3 is 6.18 Å². The number of alkyl halides is 3. The summed E-state index contributed by atoms with van der Waals surface area (Å²) in [4.78, 5) is 67.2. The van der Waals surface area contributed by atoms with E-state index in [1.807, 2.05) is 52.0 Å². The Labute approximate surface area is 400 Å². The lowest BCUT2D eigenvalue weighted by atomic mass is 9.85. The molecule has 2 atom stereocenters. The molecule has 2 aliphatic rings. The Morgan fingerprint density at radius 3 is 2.34 bits per heavy atom. The predicted octanol–water partition coefficient (Wildman–Crippen LogP) is 7.02. The van der Waals surface area contributed by atoms with Gasteiger partial charge in [-0.1, -0.05) is 45.0 Å². The van der Waals surface area contributed by atoms with Crippen LogP contribution in [0.5, 0.6) is 5.88 Å². The van der Waals surface area contributed by atoms with E-state index < -0.39 is 63.7 Å². The van der Waals surface area contributed by atoms with Crippen molar-refractivity contribution in [2.75, 3.05) is 49.4 Å². The molecule has 2 saturated heterocycles. The number of carbonyl (C=O) groups excluding carboxylic acids is 4. The van der Waals surface area contributed by atoms with Gasteiger partial charge in [0.15, 0.2) is 10.9 Å². The third kappa shape index (κ3) is 11.3. The number of nitrogens with one attached hydrogen (secondary N) is 2. The Kier molecular flexibility index (Phi) is 15.9. The van der Waals surface area contributed by atoms with E-state index in [1.165, 1.54) is 31.0 Å². The van der Waals surface area contributed by atoms with Gasteiger partial charge in [0.25, 0.3) is 5.91 Å². The monoisotopic (exact) mass is 980 g/mol. The quantitative estimate of drug-likeness (QED) is 0.0629. The van der Waals surface area contributed by atoms with Crippen molar-refractivity contribution in [3.8, 4) is 22.4 Å². The van der Waals surface area contributed by atoms with E-state index in [2.05, 4.69) is 20.6 Å². The molecule has 0 radical (unpaired) electrons. The molecule has 362 valence electrons. The highest BCUT2D eigenvalue weighted by Crippen LogP contribution is 2.42. The molecule has 2 aliphatic heterocycles. The van der Waals surface area contributed by atoms with Gasteiger partial charge in [0.1, 0.15) is 36.4 Å². The molecule has 0 aliphatic carbocycles.